The topological polar surface area (TPSA) is 21.7 Å². The number of benzene rings is 1. The molecular formula is C14H20NO2. The molecule has 0 aromatic heterocycles. The SMILES string of the molecule is COCCOc1ccc(N2CC[CH]CC2)cc1. The molecule has 1 aromatic carbocycles. The van der Waals surface area contributed by atoms with Crippen molar-refractivity contribution in [2.75, 3.05) is 38.3 Å². The number of hydrogen-bond donors (Lipinski definition) is 0. The summed E-state index contributed by atoms with van der Waals surface area (Å²) in [5, 5.41) is 0. The first-order chi connectivity index (χ1) is 8.40. The van der Waals surface area contributed by atoms with Crippen LogP contribution in [0.4, 0.5) is 5.69 Å². The Morgan fingerprint density at radius 1 is 1.06 bits per heavy atom. The zero-order valence-electron chi connectivity index (χ0n) is 10.4. The van der Waals surface area contributed by atoms with Gasteiger partial charge in [0.25, 0.3) is 0 Å². The fourth-order valence-electron chi connectivity index (χ4n) is 2.00. The number of methoxy groups -OCH3 is 1. The van der Waals surface area contributed by atoms with E-state index in [-0.39, 0.29) is 0 Å². The molecule has 0 spiro atoms. The van der Waals surface area contributed by atoms with Crippen LogP contribution < -0.4 is 9.64 Å². The van der Waals surface area contributed by atoms with Gasteiger partial charge in [-0.05, 0) is 43.5 Å². The van der Waals surface area contributed by atoms with Gasteiger partial charge in [-0.2, -0.15) is 0 Å². The Morgan fingerprint density at radius 3 is 2.41 bits per heavy atom. The molecule has 1 aliphatic rings. The Kier molecular flexibility index (Phi) is 4.68. The van der Waals surface area contributed by atoms with E-state index in [9.17, 15) is 0 Å². The third kappa shape index (κ3) is 3.63. The van der Waals surface area contributed by atoms with Crippen molar-refractivity contribution >= 4 is 5.69 Å². The first-order valence-corrected chi connectivity index (χ1v) is 6.18. The summed E-state index contributed by atoms with van der Waals surface area (Å²) >= 11 is 0. The second-order valence-electron chi connectivity index (χ2n) is 4.19. The van der Waals surface area contributed by atoms with Crippen LogP contribution in [0.5, 0.6) is 5.75 Å². The molecule has 0 atom stereocenters. The average Bonchev–Trinajstić information content (AvgIpc) is 2.41. The van der Waals surface area contributed by atoms with E-state index in [1.807, 2.05) is 12.1 Å². The Hall–Kier alpha value is -1.22. The summed E-state index contributed by atoms with van der Waals surface area (Å²) in [6.45, 7) is 3.49. The number of piperidine rings is 1. The van der Waals surface area contributed by atoms with Crippen molar-refractivity contribution < 1.29 is 9.47 Å². The molecule has 1 aliphatic heterocycles. The van der Waals surface area contributed by atoms with E-state index in [0.29, 0.717) is 13.2 Å². The van der Waals surface area contributed by atoms with Crippen LogP contribution in [0.25, 0.3) is 0 Å². The lowest BCUT2D eigenvalue weighted by Gasteiger charge is -2.28. The largest absolute Gasteiger partial charge is 0.491 e. The van der Waals surface area contributed by atoms with Gasteiger partial charge in [0.15, 0.2) is 0 Å². The van der Waals surface area contributed by atoms with Crippen LogP contribution in [0.3, 0.4) is 0 Å². The molecule has 0 bridgehead atoms. The van der Waals surface area contributed by atoms with E-state index in [1.54, 1.807) is 7.11 Å². The van der Waals surface area contributed by atoms with Gasteiger partial charge in [0, 0.05) is 25.9 Å². The number of anilines is 1. The minimum atomic E-state index is 0.606. The highest BCUT2D eigenvalue weighted by molar-refractivity contribution is 5.49. The lowest BCUT2D eigenvalue weighted by molar-refractivity contribution is 0.146. The Bertz CT molecular complexity index is 317. The third-order valence-corrected chi connectivity index (χ3v) is 2.96. The standard InChI is InChI=1S/C14H20NO2/c1-16-11-12-17-14-7-5-13(6-8-14)15-9-3-2-4-10-15/h2,5-8H,3-4,9-12H2,1H3. The molecule has 1 saturated heterocycles. The number of nitrogens with zero attached hydrogens (tertiary/aromatic N) is 1. The van der Waals surface area contributed by atoms with Gasteiger partial charge in [-0.15, -0.1) is 0 Å². The molecule has 1 radical (unpaired) electrons. The maximum absolute atomic E-state index is 5.54. The summed E-state index contributed by atoms with van der Waals surface area (Å²) in [4.78, 5) is 2.42. The second kappa shape index (κ2) is 6.50. The van der Waals surface area contributed by atoms with Gasteiger partial charge in [0.1, 0.15) is 12.4 Å². The van der Waals surface area contributed by atoms with Crippen molar-refractivity contribution in [3.05, 3.63) is 30.7 Å². The van der Waals surface area contributed by atoms with Gasteiger partial charge in [0.2, 0.25) is 0 Å². The zero-order valence-corrected chi connectivity index (χ0v) is 10.4. The minimum absolute atomic E-state index is 0.606. The van der Waals surface area contributed by atoms with Crippen molar-refractivity contribution in [1.82, 2.24) is 0 Å². The first-order valence-electron chi connectivity index (χ1n) is 6.18. The summed E-state index contributed by atoms with van der Waals surface area (Å²) in [5.74, 6) is 0.911. The molecule has 93 valence electrons. The lowest BCUT2D eigenvalue weighted by atomic mass is 10.1. The van der Waals surface area contributed by atoms with Crippen LogP contribution >= 0.6 is 0 Å². The van der Waals surface area contributed by atoms with E-state index in [2.05, 4.69) is 23.5 Å². The highest BCUT2D eigenvalue weighted by atomic mass is 16.5. The quantitative estimate of drug-likeness (QED) is 0.731. The molecule has 1 fully saturated rings. The Balaban J connectivity index is 1.88. The summed E-state index contributed by atoms with van der Waals surface area (Å²) < 4.78 is 10.5. The highest BCUT2D eigenvalue weighted by Gasteiger charge is 2.10. The monoisotopic (exact) mass is 234 g/mol. The zero-order chi connectivity index (χ0) is 11.9. The predicted molar refractivity (Wildman–Crippen MR) is 69.6 cm³/mol. The van der Waals surface area contributed by atoms with Crippen LogP contribution in [0, 0.1) is 6.42 Å². The summed E-state index contributed by atoms with van der Waals surface area (Å²) in [6.07, 6.45) is 4.73. The molecule has 1 aromatic rings. The fourth-order valence-corrected chi connectivity index (χ4v) is 2.00. The molecule has 1 heterocycles. The minimum Gasteiger partial charge on any atom is -0.491 e. The van der Waals surface area contributed by atoms with Crippen molar-refractivity contribution in [2.45, 2.75) is 12.8 Å². The van der Waals surface area contributed by atoms with Crippen LogP contribution in [0.15, 0.2) is 24.3 Å². The fraction of sp³-hybridized carbons (Fsp3) is 0.500. The van der Waals surface area contributed by atoms with Gasteiger partial charge in [-0.25, -0.2) is 0 Å². The van der Waals surface area contributed by atoms with E-state index in [0.717, 1.165) is 18.8 Å². The van der Waals surface area contributed by atoms with E-state index >= 15 is 0 Å². The molecule has 17 heavy (non-hydrogen) atoms. The van der Waals surface area contributed by atoms with Gasteiger partial charge in [-0.1, -0.05) is 0 Å². The summed E-state index contributed by atoms with van der Waals surface area (Å²) in [5.41, 5.74) is 1.29. The molecule has 0 N–H and O–H groups in total. The average molecular weight is 234 g/mol. The maximum atomic E-state index is 5.54. The smallest absolute Gasteiger partial charge is 0.119 e. The van der Waals surface area contributed by atoms with Gasteiger partial charge < -0.3 is 14.4 Å². The summed E-state index contributed by atoms with van der Waals surface area (Å²) in [7, 11) is 1.68. The van der Waals surface area contributed by atoms with Crippen LogP contribution in [-0.4, -0.2) is 33.4 Å². The molecule has 0 unspecified atom stereocenters. The number of rotatable bonds is 5. The van der Waals surface area contributed by atoms with Crippen molar-refractivity contribution in [1.29, 1.82) is 0 Å². The van der Waals surface area contributed by atoms with Gasteiger partial charge in [-0.3, -0.25) is 0 Å². The highest BCUT2D eigenvalue weighted by Crippen LogP contribution is 2.22. The molecule has 3 nitrogen and oxygen atoms in total. The number of hydrogen-bond acceptors (Lipinski definition) is 3. The Morgan fingerprint density at radius 2 is 1.76 bits per heavy atom. The number of ether oxygens (including phenoxy) is 2. The molecular weight excluding hydrogens is 214 g/mol. The van der Waals surface area contributed by atoms with E-state index < -0.39 is 0 Å². The van der Waals surface area contributed by atoms with Crippen molar-refractivity contribution in [3.8, 4) is 5.75 Å². The van der Waals surface area contributed by atoms with Crippen molar-refractivity contribution in [3.63, 3.8) is 0 Å². The lowest BCUT2D eigenvalue weighted by Crippen LogP contribution is -2.29. The molecule has 0 amide bonds. The summed E-state index contributed by atoms with van der Waals surface area (Å²) in [6, 6.07) is 8.33. The molecule has 0 aliphatic carbocycles. The normalized spacial score (nSPS) is 15.9. The maximum Gasteiger partial charge on any atom is 0.119 e. The van der Waals surface area contributed by atoms with Crippen molar-refractivity contribution in [2.24, 2.45) is 0 Å². The van der Waals surface area contributed by atoms with E-state index in [4.69, 9.17) is 9.47 Å². The molecule has 0 saturated carbocycles. The van der Waals surface area contributed by atoms with Crippen LogP contribution in [0.1, 0.15) is 12.8 Å². The van der Waals surface area contributed by atoms with E-state index in [1.165, 1.54) is 18.5 Å². The van der Waals surface area contributed by atoms with Gasteiger partial charge in [0.05, 0.1) is 6.61 Å². The third-order valence-electron chi connectivity index (χ3n) is 2.96. The Labute approximate surface area is 103 Å². The first kappa shape index (κ1) is 12.2. The predicted octanol–water partition coefficient (Wildman–Crippen LogP) is 2.52. The molecule has 2 rings (SSSR count). The molecule has 3 heteroatoms. The second-order valence-corrected chi connectivity index (χ2v) is 4.19. The van der Waals surface area contributed by atoms with Crippen LogP contribution in [-0.2, 0) is 4.74 Å². The van der Waals surface area contributed by atoms with Gasteiger partial charge >= 0.3 is 0 Å². The van der Waals surface area contributed by atoms with Crippen LogP contribution in [0.2, 0.25) is 0 Å².